The van der Waals surface area contributed by atoms with Crippen molar-refractivity contribution in [2.24, 2.45) is 5.73 Å². The molecule has 0 amide bonds. The SMILES string of the molecule is CC/C=C/C=C/C=C/C=C/CCCCCCCC(=O)OC[C@H](COP(=O)(O)OCCN)OC(=O)CCCCCCCCCCCCCCCCCCCCCCCC. The molecule has 0 rings (SSSR count). The number of carbonyl (C=O) groups is 2. The van der Waals surface area contributed by atoms with E-state index in [1.165, 1.54) is 122 Å². The zero-order valence-corrected chi connectivity index (χ0v) is 38.2. The van der Waals surface area contributed by atoms with Crippen LogP contribution in [0.5, 0.6) is 0 Å². The van der Waals surface area contributed by atoms with E-state index in [2.05, 4.69) is 32.1 Å². The van der Waals surface area contributed by atoms with Crippen molar-refractivity contribution in [3.05, 3.63) is 48.6 Å². The Morgan fingerprint density at radius 2 is 0.948 bits per heavy atom. The predicted molar refractivity (Wildman–Crippen MR) is 243 cm³/mol. The van der Waals surface area contributed by atoms with E-state index < -0.39 is 32.5 Å². The Balaban J connectivity index is 4.07. The second-order valence-corrected chi connectivity index (χ2v) is 17.2. The fraction of sp³-hybridized carbons (Fsp3) is 0.792. The standard InChI is InChI=1S/C48H88NO8P/c1-3-5-7-9-11-13-15-17-19-20-21-22-23-24-25-27-29-31-33-35-37-39-41-48(51)57-46(45-56-58(52,53)55-43-42-49)44-54-47(50)40-38-36-34-32-30-28-26-18-16-14-12-10-8-6-4-2/h6,8,10,12,14,16,18,26,46H,3-5,7,9,11,13,15,17,19-25,27-45,49H2,1-2H3,(H,52,53)/b8-6+,12-10+,16-14+,26-18+/t46-/m1/s1. The molecular formula is C48H88NO8P. The Morgan fingerprint density at radius 1 is 0.534 bits per heavy atom. The molecule has 0 aliphatic rings. The summed E-state index contributed by atoms with van der Waals surface area (Å²) in [6.07, 6.45) is 51.5. The van der Waals surface area contributed by atoms with Gasteiger partial charge in [0, 0.05) is 19.4 Å². The van der Waals surface area contributed by atoms with E-state index in [0.717, 1.165) is 51.4 Å². The zero-order valence-electron chi connectivity index (χ0n) is 37.3. The van der Waals surface area contributed by atoms with Gasteiger partial charge in [-0.2, -0.15) is 0 Å². The highest BCUT2D eigenvalue weighted by Gasteiger charge is 2.26. The Hall–Kier alpha value is -2.03. The van der Waals surface area contributed by atoms with Gasteiger partial charge in [0.05, 0.1) is 13.2 Å². The van der Waals surface area contributed by atoms with Crippen molar-refractivity contribution >= 4 is 19.8 Å². The lowest BCUT2D eigenvalue weighted by atomic mass is 10.0. The second-order valence-electron chi connectivity index (χ2n) is 15.7. The number of hydrogen-bond acceptors (Lipinski definition) is 8. The molecule has 0 aromatic rings. The monoisotopic (exact) mass is 838 g/mol. The van der Waals surface area contributed by atoms with Gasteiger partial charge in [0.25, 0.3) is 0 Å². The molecule has 0 fully saturated rings. The van der Waals surface area contributed by atoms with Crippen LogP contribution >= 0.6 is 7.82 Å². The lowest BCUT2D eigenvalue weighted by molar-refractivity contribution is -0.161. The van der Waals surface area contributed by atoms with E-state index in [9.17, 15) is 19.0 Å². The molecule has 0 aromatic carbocycles. The van der Waals surface area contributed by atoms with Crippen molar-refractivity contribution in [3.8, 4) is 0 Å². The lowest BCUT2D eigenvalue weighted by Gasteiger charge is -2.19. The van der Waals surface area contributed by atoms with Crippen molar-refractivity contribution < 1.29 is 37.6 Å². The van der Waals surface area contributed by atoms with Gasteiger partial charge in [-0.25, -0.2) is 4.57 Å². The summed E-state index contributed by atoms with van der Waals surface area (Å²) in [4.78, 5) is 34.9. The molecule has 338 valence electrons. The van der Waals surface area contributed by atoms with E-state index in [-0.39, 0.29) is 32.6 Å². The molecule has 1 unspecified atom stereocenters. The van der Waals surface area contributed by atoms with Gasteiger partial charge in [-0.3, -0.25) is 18.6 Å². The number of phosphoric acid groups is 1. The molecule has 3 N–H and O–H groups in total. The average molecular weight is 838 g/mol. The van der Waals surface area contributed by atoms with Gasteiger partial charge in [-0.15, -0.1) is 0 Å². The molecular weight excluding hydrogens is 750 g/mol. The molecule has 0 aromatic heterocycles. The summed E-state index contributed by atoms with van der Waals surface area (Å²) in [7, 11) is -4.38. The topological polar surface area (TPSA) is 134 Å². The number of unbranched alkanes of at least 4 members (excludes halogenated alkanes) is 26. The third-order valence-corrected chi connectivity index (χ3v) is 11.1. The maximum absolute atomic E-state index is 12.6. The van der Waals surface area contributed by atoms with Crippen molar-refractivity contribution in [3.63, 3.8) is 0 Å². The van der Waals surface area contributed by atoms with Crippen LogP contribution in [0.15, 0.2) is 48.6 Å². The molecule has 58 heavy (non-hydrogen) atoms. The average Bonchev–Trinajstić information content (AvgIpc) is 3.21. The quantitative estimate of drug-likeness (QED) is 0.0266. The molecule has 9 nitrogen and oxygen atoms in total. The van der Waals surface area contributed by atoms with Crippen LogP contribution in [0.4, 0.5) is 0 Å². The highest BCUT2D eigenvalue weighted by Crippen LogP contribution is 2.43. The predicted octanol–water partition coefficient (Wildman–Crippen LogP) is 13.9. The van der Waals surface area contributed by atoms with Gasteiger partial charge >= 0.3 is 19.8 Å². The van der Waals surface area contributed by atoms with Crippen molar-refractivity contribution in [1.82, 2.24) is 0 Å². The summed E-state index contributed by atoms with van der Waals surface area (Å²) < 4.78 is 32.8. The molecule has 0 aliphatic carbocycles. The molecule has 0 heterocycles. The Morgan fingerprint density at radius 3 is 1.41 bits per heavy atom. The first-order valence-electron chi connectivity index (χ1n) is 23.7. The molecule has 2 atom stereocenters. The smallest absolute Gasteiger partial charge is 0.462 e. The van der Waals surface area contributed by atoms with Crippen molar-refractivity contribution in [2.45, 2.75) is 219 Å². The van der Waals surface area contributed by atoms with Gasteiger partial charge in [-0.1, -0.05) is 217 Å². The first-order valence-corrected chi connectivity index (χ1v) is 25.2. The number of esters is 2. The third kappa shape index (κ3) is 43.5. The second kappa shape index (κ2) is 44.5. The van der Waals surface area contributed by atoms with Gasteiger partial charge in [-0.05, 0) is 32.1 Å². The molecule has 10 heteroatoms. The van der Waals surface area contributed by atoms with Crippen molar-refractivity contribution in [2.75, 3.05) is 26.4 Å². The summed E-state index contributed by atoms with van der Waals surface area (Å²) in [6.45, 7) is 3.59. The van der Waals surface area contributed by atoms with Crippen LogP contribution in [0.25, 0.3) is 0 Å². The fourth-order valence-corrected chi connectivity index (χ4v) is 7.35. The van der Waals surface area contributed by atoms with E-state index in [1.54, 1.807) is 0 Å². The minimum Gasteiger partial charge on any atom is -0.462 e. The molecule has 0 radical (unpaired) electrons. The summed E-state index contributed by atoms with van der Waals surface area (Å²) in [5, 5.41) is 0. The van der Waals surface area contributed by atoms with Gasteiger partial charge in [0.2, 0.25) is 0 Å². The van der Waals surface area contributed by atoms with Crippen LogP contribution < -0.4 is 5.73 Å². The molecule has 0 bridgehead atoms. The summed E-state index contributed by atoms with van der Waals surface area (Å²) in [5.74, 6) is -0.850. The maximum Gasteiger partial charge on any atom is 0.472 e. The van der Waals surface area contributed by atoms with Gasteiger partial charge < -0.3 is 20.1 Å². The zero-order chi connectivity index (χ0) is 42.5. The number of ether oxygens (including phenoxy) is 2. The van der Waals surface area contributed by atoms with Crippen molar-refractivity contribution in [1.29, 1.82) is 0 Å². The number of nitrogens with two attached hydrogens (primary N) is 1. The first kappa shape index (κ1) is 56.0. The highest BCUT2D eigenvalue weighted by molar-refractivity contribution is 7.47. The van der Waals surface area contributed by atoms with E-state index in [1.807, 2.05) is 30.4 Å². The van der Waals surface area contributed by atoms with Gasteiger partial charge in [0.15, 0.2) is 6.10 Å². The van der Waals surface area contributed by atoms with Crippen LogP contribution in [0.3, 0.4) is 0 Å². The minimum absolute atomic E-state index is 0.0494. The Kier molecular flexibility index (Phi) is 43.0. The fourth-order valence-electron chi connectivity index (χ4n) is 6.59. The van der Waals surface area contributed by atoms with Gasteiger partial charge in [0.1, 0.15) is 6.61 Å². The van der Waals surface area contributed by atoms with Crippen LogP contribution in [0.1, 0.15) is 213 Å². The Labute approximate surface area is 356 Å². The summed E-state index contributed by atoms with van der Waals surface area (Å²) in [5.41, 5.74) is 5.35. The highest BCUT2D eigenvalue weighted by atomic mass is 31.2. The van der Waals surface area contributed by atoms with Crippen LogP contribution in [0, 0.1) is 0 Å². The molecule has 0 spiro atoms. The lowest BCUT2D eigenvalue weighted by Crippen LogP contribution is -2.29. The van der Waals surface area contributed by atoms with Crippen LogP contribution in [-0.4, -0.2) is 49.3 Å². The van der Waals surface area contributed by atoms with Crippen LogP contribution in [0.2, 0.25) is 0 Å². The normalized spacial score (nSPS) is 13.7. The number of rotatable bonds is 44. The minimum atomic E-state index is -4.38. The molecule has 0 aliphatic heterocycles. The number of phosphoric ester groups is 1. The maximum atomic E-state index is 12.6. The Bertz CT molecular complexity index is 1090. The van der Waals surface area contributed by atoms with E-state index in [0.29, 0.717) is 12.8 Å². The largest absolute Gasteiger partial charge is 0.472 e. The third-order valence-electron chi connectivity index (χ3n) is 10.1. The molecule has 0 saturated heterocycles. The van der Waals surface area contributed by atoms with E-state index in [4.69, 9.17) is 24.3 Å². The number of carbonyl (C=O) groups excluding carboxylic acids is 2. The number of hydrogen-bond donors (Lipinski definition) is 2. The summed E-state index contributed by atoms with van der Waals surface area (Å²) >= 11 is 0. The molecule has 0 saturated carbocycles. The first-order chi connectivity index (χ1) is 28.3. The van der Waals surface area contributed by atoms with E-state index >= 15 is 0 Å². The number of allylic oxidation sites excluding steroid dienone is 8. The van der Waals surface area contributed by atoms with Crippen LogP contribution in [-0.2, 0) is 32.7 Å². The summed E-state index contributed by atoms with van der Waals surface area (Å²) in [6, 6.07) is 0.